The lowest BCUT2D eigenvalue weighted by Crippen LogP contribution is -2.37. The van der Waals surface area contributed by atoms with E-state index in [-0.39, 0.29) is 43.2 Å². The Balaban J connectivity index is 1.41. The third kappa shape index (κ3) is 5.81. The van der Waals surface area contributed by atoms with Gasteiger partial charge in [0.05, 0.1) is 17.6 Å². The van der Waals surface area contributed by atoms with Gasteiger partial charge in [-0.3, -0.25) is 19.0 Å². The molecular formula is C26H25FN4O3S. The summed E-state index contributed by atoms with van der Waals surface area (Å²) in [5.74, 6) is -1.87. The molecule has 7 nitrogen and oxygen atoms in total. The second-order valence-corrected chi connectivity index (χ2v) is 9.28. The fourth-order valence-corrected chi connectivity index (χ4v) is 4.70. The molecule has 0 bridgehead atoms. The number of fused-ring (bicyclic) bond motifs is 1. The second kappa shape index (κ2) is 10.6. The minimum absolute atomic E-state index is 0.0408. The number of hydrogen-bond donors (Lipinski definition) is 2. The van der Waals surface area contributed by atoms with Gasteiger partial charge in [0.2, 0.25) is 11.8 Å². The van der Waals surface area contributed by atoms with Gasteiger partial charge in [-0.1, -0.05) is 42.0 Å². The first-order valence-electron chi connectivity index (χ1n) is 11.2. The van der Waals surface area contributed by atoms with Crippen molar-refractivity contribution >= 4 is 33.4 Å². The average molecular weight is 493 g/mol. The fourth-order valence-electron chi connectivity index (χ4n) is 3.80. The van der Waals surface area contributed by atoms with Gasteiger partial charge in [-0.15, -0.1) is 11.3 Å². The molecule has 180 valence electrons. The molecule has 1 unspecified atom stereocenters. The SMILES string of the molecule is Cc1ccc(-c2csc3ncn(CCC(=O)NCC(Cc4ccc(F)cc4)C(N)=O)c(=O)c23)cc1. The molecule has 0 aliphatic rings. The zero-order valence-electron chi connectivity index (χ0n) is 19.2. The van der Waals surface area contributed by atoms with Crippen molar-refractivity contribution in [1.82, 2.24) is 14.9 Å². The summed E-state index contributed by atoms with van der Waals surface area (Å²) >= 11 is 1.41. The van der Waals surface area contributed by atoms with Crippen molar-refractivity contribution in [2.45, 2.75) is 26.3 Å². The van der Waals surface area contributed by atoms with Gasteiger partial charge in [0.15, 0.2) is 0 Å². The van der Waals surface area contributed by atoms with Crippen molar-refractivity contribution in [3.63, 3.8) is 0 Å². The highest BCUT2D eigenvalue weighted by Gasteiger charge is 2.18. The Morgan fingerprint density at radius 3 is 2.54 bits per heavy atom. The van der Waals surface area contributed by atoms with Crippen LogP contribution in [0.25, 0.3) is 21.3 Å². The third-order valence-electron chi connectivity index (χ3n) is 5.85. The van der Waals surface area contributed by atoms with Crippen LogP contribution < -0.4 is 16.6 Å². The highest BCUT2D eigenvalue weighted by molar-refractivity contribution is 7.17. The molecule has 0 aliphatic carbocycles. The van der Waals surface area contributed by atoms with Crippen molar-refractivity contribution < 1.29 is 14.0 Å². The summed E-state index contributed by atoms with van der Waals surface area (Å²) in [4.78, 5) is 42.5. The number of amides is 2. The maximum absolute atomic E-state index is 13.2. The van der Waals surface area contributed by atoms with E-state index in [1.54, 1.807) is 12.1 Å². The molecule has 1 atom stereocenters. The zero-order chi connectivity index (χ0) is 24.9. The predicted octanol–water partition coefficient (Wildman–Crippen LogP) is 3.42. The van der Waals surface area contributed by atoms with Gasteiger partial charge in [-0.25, -0.2) is 9.37 Å². The van der Waals surface area contributed by atoms with E-state index < -0.39 is 11.8 Å². The molecule has 3 N–H and O–H groups in total. The number of thiophene rings is 1. The Morgan fingerprint density at radius 2 is 1.86 bits per heavy atom. The van der Waals surface area contributed by atoms with Crippen molar-refractivity contribution in [1.29, 1.82) is 0 Å². The Morgan fingerprint density at radius 1 is 1.14 bits per heavy atom. The van der Waals surface area contributed by atoms with Gasteiger partial charge in [-0.2, -0.15) is 0 Å². The van der Waals surface area contributed by atoms with Crippen molar-refractivity contribution in [3.8, 4) is 11.1 Å². The normalized spacial score (nSPS) is 11.9. The van der Waals surface area contributed by atoms with Crippen LogP contribution in [0.3, 0.4) is 0 Å². The van der Waals surface area contributed by atoms with E-state index in [0.717, 1.165) is 22.3 Å². The van der Waals surface area contributed by atoms with Crippen LogP contribution in [0.4, 0.5) is 4.39 Å². The summed E-state index contributed by atoms with van der Waals surface area (Å²) < 4.78 is 14.5. The van der Waals surface area contributed by atoms with Gasteiger partial charge >= 0.3 is 0 Å². The van der Waals surface area contributed by atoms with Gasteiger partial charge in [0, 0.05) is 30.5 Å². The van der Waals surface area contributed by atoms with Crippen molar-refractivity contribution in [3.05, 3.63) is 87.5 Å². The highest BCUT2D eigenvalue weighted by Crippen LogP contribution is 2.30. The van der Waals surface area contributed by atoms with E-state index >= 15 is 0 Å². The van der Waals surface area contributed by atoms with Crippen LogP contribution in [-0.4, -0.2) is 27.9 Å². The lowest BCUT2D eigenvalue weighted by atomic mass is 9.98. The quantitative estimate of drug-likeness (QED) is 0.373. The third-order valence-corrected chi connectivity index (χ3v) is 6.73. The van der Waals surface area contributed by atoms with Crippen molar-refractivity contribution in [2.24, 2.45) is 11.7 Å². The van der Waals surface area contributed by atoms with E-state index in [2.05, 4.69) is 10.3 Å². The molecule has 2 aromatic heterocycles. The first kappa shape index (κ1) is 24.3. The maximum Gasteiger partial charge on any atom is 0.262 e. The van der Waals surface area contributed by atoms with E-state index in [1.165, 1.54) is 34.4 Å². The molecule has 2 heterocycles. The number of nitrogens with zero attached hydrogens (tertiary/aromatic N) is 2. The number of primary amides is 1. The number of aromatic nitrogens is 2. The summed E-state index contributed by atoms with van der Waals surface area (Å²) in [6, 6.07) is 13.7. The summed E-state index contributed by atoms with van der Waals surface area (Å²) in [6.45, 7) is 2.21. The number of halogens is 1. The molecule has 2 amide bonds. The topological polar surface area (TPSA) is 107 Å². The van der Waals surface area contributed by atoms with Gasteiger partial charge in [0.1, 0.15) is 10.6 Å². The lowest BCUT2D eigenvalue weighted by Gasteiger charge is -2.15. The van der Waals surface area contributed by atoms with Crippen LogP contribution in [0.5, 0.6) is 0 Å². The molecule has 9 heteroatoms. The molecule has 35 heavy (non-hydrogen) atoms. The Labute approximate surface area is 205 Å². The van der Waals surface area contributed by atoms with Crippen LogP contribution in [0, 0.1) is 18.7 Å². The van der Waals surface area contributed by atoms with Crippen molar-refractivity contribution in [2.75, 3.05) is 6.54 Å². The first-order valence-corrected chi connectivity index (χ1v) is 12.0. The monoisotopic (exact) mass is 492 g/mol. The summed E-state index contributed by atoms with van der Waals surface area (Å²) in [5, 5.41) is 5.17. The minimum Gasteiger partial charge on any atom is -0.369 e. The molecule has 2 aromatic carbocycles. The van der Waals surface area contributed by atoms with E-state index in [9.17, 15) is 18.8 Å². The van der Waals surface area contributed by atoms with Crippen LogP contribution >= 0.6 is 11.3 Å². The number of nitrogens with two attached hydrogens (primary N) is 1. The average Bonchev–Trinajstić information content (AvgIpc) is 3.28. The van der Waals surface area contributed by atoms with Crippen LogP contribution in [0.2, 0.25) is 0 Å². The number of rotatable bonds is 9. The molecule has 4 rings (SSSR count). The standard InChI is InChI=1S/C26H25FN4O3S/c1-16-2-6-18(7-3-16)21-14-35-25-23(21)26(34)31(15-30-25)11-10-22(32)29-13-19(24(28)33)12-17-4-8-20(27)9-5-17/h2-9,14-15,19H,10-13H2,1H3,(H2,28,33)(H,29,32). The predicted molar refractivity (Wildman–Crippen MR) is 134 cm³/mol. The molecule has 0 radical (unpaired) electrons. The number of benzene rings is 2. The second-order valence-electron chi connectivity index (χ2n) is 8.42. The van der Waals surface area contributed by atoms with Crippen LogP contribution in [-0.2, 0) is 22.6 Å². The van der Waals surface area contributed by atoms with Gasteiger partial charge in [-0.05, 0) is 36.6 Å². The van der Waals surface area contributed by atoms with E-state index in [1.807, 2.05) is 36.6 Å². The molecule has 0 saturated carbocycles. The number of hydrogen-bond acceptors (Lipinski definition) is 5. The Hall–Kier alpha value is -3.85. The molecule has 4 aromatic rings. The minimum atomic E-state index is -0.631. The first-order chi connectivity index (χ1) is 16.8. The number of aryl methyl sites for hydroxylation is 2. The Kier molecular flexibility index (Phi) is 7.36. The smallest absolute Gasteiger partial charge is 0.262 e. The zero-order valence-corrected chi connectivity index (χ0v) is 20.0. The van der Waals surface area contributed by atoms with E-state index in [4.69, 9.17) is 5.73 Å². The summed E-state index contributed by atoms with van der Waals surface area (Å²) in [5.41, 5.74) is 8.92. The van der Waals surface area contributed by atoms with E-state index in [0.29, 0.717) is 10.2 Å². The molecule has 0 saturated heterocycles. The number of nitrogens with one attached hydrogen (secondary N) is 1. The van der Waals surface area contributed by atoms with Gasteiger partial charge < -0.3 is 11.1 Å². The molecule has 0 spiro atoms. The summed E-state index contributed by atoms with van der Waals surface area (Å²) in [7, 11) is 0. The number of carbonyl (C=O) groups excluding carboxylic acids is 2. The number of carbonyl (C=O) groups is 2. The van der Waals surface area contributed by atoms with Crippen LogP contribution in [0.1, 0.15) is 17.5 Å². The van der Waals surface area contributed by atoms with Crippen LogP contribution in [0.15, 0.2) is 65.0 Å². The molecule has 0 fully saturated rings. The largest absolute Gasteiger partial charge is 0.369 e. The Bertz CT molecular complexity index is 1410. The van der Waals surface area contributed by atoms with Gasteiger partial charge in [0.25, 0.3) is 5.56 Å². The fraction of sp³-hybridized carbons (Fsp3) is 0.231. The molecule has 0 aliphatic heterocycles. The molecular weight excluding hydrogens is 467 g/mol. The highest BCUT2D eigenvalue weighted by atomic mass is 32.1. The summed E-state index contributed by atoms with van der Waals surface area (Å²) in [6.07, 6.45) is 1.78. The maximum atomic E-state index is 13.2. The lowest BCUT2D eigenvalue weighted by molar-refractivity contribution is -0.123.